The average Bonchev–Trinajstić information content (AvgIpc) is 3.04. The highest BCUT2D eigenvalue weighted by Gasteiger charge is 2.63. The normalized spacial score (nSPS) is 31.7. The van der Waals surface area contributed by atoms with E-state index in [1.807, 2.05) is 6.92 Å². The van der Waals surface area contributed by atoms with Crippen molar-refractivity contribution in [3.05, 3.63) is 0 Å². The van der Waals surface area contributed by atoms with Gasteiger partial charge in [0.15, 0.2) is 11.2 Å². The van der Waals surface area contributed by atoms with E-state index < -0.39 is 21.8 Å². The summed E-state index contributed by atoms with van der Waals surface area (Å²) in [7, 11) is 13.3. The summed E-state index contributed by atoms with van der Waals surface area (Å²) < 4.78 is 11.5. The van der Waals surface area contributed by atoms with Gasteiger partial charge in [0, 0.05) is 12.8 Å². The fraction of sp³-hybridized carbons (Fsp3) is 0.765. The second-order valence-electron chi connectivity index (χ2n) is 6.58. The molecule has 0 amide bonds. The zero-order chi connectivity index (χ0) is 17.9. The minimum Gasteiger partial charge on any atom is -0.384 e. The summed E-state index contributed by atoms with van der Waals surface area (Å²) in [5.41, 5.74) is -1.57. The second kappa shape index (κ2) is 6.81. The molecule has 0 aromatic heterocycles. The monoisotopic (exact) mass is 322 g/mol. The van der Waals surface area contributed by atoms with Crippen LogP contribution in [0.1, 0.15) is 39.0 Å². The lowest BCUT2D eigenvalue weighted by Crippen LogP contribution is -2.53. The fourth-order valence-electron chi connectivity index (χ4n) is 3.90. The van der Waals surface area contributed by atoms with E-state index in [4.69, 9.17) is 30.3 Å². The molecule has 1 saturated carbocycles. The van der Waals surface area contributed by atoms with Crippen LogP contribution in [0.5, 0.6) is 0 Å². The zero-order valence-electron chi connectivity index (χ0n) is 14.0. The van der Waals surface area contributed by atoms with Crippen LogP contribution in [0, 0.1) is 39.9 Å². The molecular weight excluding hydrogens is 302 g/mol. The van der Waals surface area contributed by atoms with Crippen molar-refractivity contribution in [2.75, 3.05) is 19.8 Å². The number of aliphatic hydroxyl groups excluding tert-OH is 1. The van der Waals surface area contributed by atoms with Crippen LogP contribution < -0.4 is 0 Å². The van der Waals surface area contributed by atoms with Crippen molar-refractivity contribution in [3.8, 4) is 24.0 Å². The molecule has 0 aromatic rings. The Kier molecular flexibility index (Phi) is 5.36. The highest BCUT2D eigenvalue weighted by atomic mass is 16.7. The summed E-state index contributed by atoms with van der Waals surface area (Å²) >= 11 is 0. The Labute approximate surface area is 146 Å². The fourth-order valence-corrected chi connectivity index (χ4v) is 3.90. The summed E-state index contributed by atoms with van der Waals surface area (Å²) in [5, 5.41) is 26.1. The quantitative estimate of drug-likeness (QED) is 0.627. The van der Waals surface area contributed by atoms with Crippen LogP contribution in [-0.4, -0.2) is 46.4 Å². The maximum atomic E-state index is 9.78. The van der Waals surface area contributed by atoms with Gasteiger partial charge in [-0.05, 0) is 18.2 Å². The third-order valence-corrected chi connectivity index (χ3v) is 5.52. The van der Waals surface area contributed by atoms with Crippen LogP contribution in [0.15, 0.2) is 0 Å². The molecule has 1 saturated heterocycles. The Balaban J connectivity index is 2.44. The predicted octanol–water partition coefficient (Wildman–Crippen LogP) is 1.40. The topological polar surface area (TPSA) is 86.3 Å². The van der Waals surface area contributed by atoms with Crippen molar-refractivity contribution in [1.82, 2.24) is 0 Å². The molecule has 122 valence electrons. The van der Waals surface area contributed by atoms with E-state index >= 15 is 0 Å². The minimum atomic E-state index is -1.57. The highest BCUT2D eigenvalue weighted by molar-refractivity contribution is 6.27. The SMILES string of the molecule is [B]C1(CC)CC2(CCC1([B])C(C#N)(C#N)CC#CCO)OCCO2. The molecule has 1 aliphatic heterocycles. The molecule has 1 N–H and O–H groups in total. The summed E-state index contributed by atoms with van der Waals surface area (Å²) in [6, 6.07) is 4.14. The van der Waals surface area contributed by atoms with E-state index in [0.717, 1.165) is 0 Å². The van der Waals surface area contributed by atoms with Crippen LogP contribution in [0.3, 0.4) is 0 Å². The number of nitriles is 2. The molecule has 4 radical (unpaired) electrons. The molecule has 2 aliphatic rings. The molecule has 7 heteroatoms. The number of nitrogens with zero attached hydrogens (tertiary/aromatic N) is 2. The third-order valence-electron chi connectivity index (χ3n) is 5.52. The maximum absolute atomic E-state index is 9.78. The van der Waals surface area contributed by atoms with Crippen LogP contribution >= 0.6 is 0 Å². The van der Waals surface area contributed by atoms with Gasteiger partial charge in [-0.2, -0.15) is 10.5 Å². The van der Waals surface area contributed by atoms with Gasteiger partial charge in [0.2, 0.25) is 0 Å². The van der Waals surface area contributed by atoms with E-state index in [1.54, 1.807) is 0 Å². The minimum absolute atomic E-state index is 0.0648. The van der Waals surface area contributed by atoms with Crippen molar-refractivity contribution >= 4 is 15.7 Å². The van der Waals surface area contributed by atoms with Gasteiger partial charge in [-0.3, -0.25) is 0 Å². The molecule has 24 heavy (non-hydrogen) atoms. The molecule has 1 aliphatic carbocycles. The largest absolute Gasteiger partial charge is 0.384 e. The van der Waals surface area contributed by atoms with Crippen LogP contribution in [0.4, 0.5) is 0 Å². The van der Waals surface area contributed by atoms with Gasteiger partial charge >= 0.3 is 0 Å². The van der Waals surface area contributed by atoms with E-state index in [-0.39, 0.29) is 13.0 Å². The number of rotatable bonds is 3. The summed E-state index contributed by atoms with van der Waals surface area (Å²) in [4.78, 5) is 0. The van der Waals surface area contributed by atoms with Gasteiger partial charge in [0.1, 0.15) is 6.61 Å². The van der Waals surface area contributed by atoms with E-state index in [1.165, 1.54) is 0 Å². The number of hydrogen-bond donors (Lipinski definition) is 1. The predicted molar refractivity (Wildman–Crippen MR) is 88.8 cm³/mol. The first-order chi connectivity index (χ1) is 11.4. The molecule has 0 bridgehead atoms. The Bertz CT molecular complexity index is 610. The number of ether oxygens (including phenoxy) is 2. The Morgan fingerprint density at radius 1 is 1.12 bits per heavy atom. The smallest absolute Gasteiger partial charge is 0.168 e. The lowest BCUT2D eigenvalue weighted by Gasteiger charge is -2.59. The van der Waals surface area contributed by atoms with Gasteiger partial charge in [0.25, 0.3) is 0 Å². The Hall–Kier alpha value is -1.45. The van der Waals surface area contributed by atoms with Gasteiger partial charge in [-0.1, -0.05) is 30.5 Å². The van der Waals surface area contributed by atoms with Crippen molar-refractivity contribution in [2.24, 2.45) is 5.41 Å². The second-order valence-corrected chi connectivity index (χ2v) is 6.58. The van der Waals surface area contributed by atoms with Crippen molar-refractivity contribution < 1.29 is 14.6 Å². The third kappa shape index (κ3) is 2.74. The van der Waals surface area contributed by atoms with Crippen LogP contribution in [-0.2, 0) is 9.47 Å². The highest BCUT2D eigenvalue weighted by Crippen LogP contribution is 2.70. The first-order valence-electron chi connectivity index (χ1n) is 8.11. The molecule has 2 fully saturated rings. The maximum Gasteiger partial charge on any atom is 0.168 e. The van der Waals surface area contributed by atoms with Crippen molar-refractivity contribution in [2.45, 2.75) is 55.4 Å². The number of hydrogen-bond acceptors (Lipinski definition) is 5. The molecule has 5 nitrogen and oxygen atoms in total. The first kappa shape index (κ1) is 18.9. The molecule has 2 atom stereocenters. The van der Waals surface area contributed by atoms with Crippen molar-refractivity contribution in [1.29, 1.82) is 10.5 Å². The molecule has 1 heterocycles. The lowest BCUT2D eigenvalue weighted by atomic mass is 9.31. The standard InChI is InChI=1S/C17H20B2N2O3/c1-2-15(18)11-16(23-9-10-24-16)6-7-17(15,19)14(12-20,13-21)5-3-4-8-22/h22H,2,5-11H2,1H3. The number of aliphatic hydroxyl groups is 1. The Morgan fingerprint density at radius 3 is 2.25 bits per heavy atom. The van der Waals surface area contributed by atoms with Gasteiger partial charge in [-0.25, -0.2) is 0 Å². The van der Waals surface area contributed by atoms with Gasteiger partial charge < -0.3 is 14.6 Å². The average molecular weight is 322 g/mol. The molecule has 0 aromatic carbocycles. The van der Waals surface area contributed by atoms with E-state index in [0.29, 0.717) is 38.9 Å². The molecule has 2 rings (SSSR count). The zero-order valence-corrected chi connectivity index (χ0v) is 14.0. The van der Waals surface area contributed by atoms with Gasteiger partial charge in [0.05, 0.1) is 41.0 Å². The van der Waals surface area contributed by atoms with Gasteiger partial charge in [-0.15, -0.1) is 0 Å². The summed E-state index contributed by atoms with van der Waals surface area (Å²) in [5.74, 6) is 4.38. The lowest BCUT2D eigenvalue weighted by molar-refractivity contribution is -0.193. The van der Waals surface area contributed by atoms with E-state index in [9.17, 15) is 10.5 Å². The van der Waals surface area contributed by atoms with Crippen molar-refractivity contribution in [3.63, 3.8) is 0 Å². The van der Waals surface area contributed by atoms with E-state index in [2.05, 4.69) is 24.0 Å². The summed E-state index contributed by atoms with van der Waals surface area (Å²) in [6.07, 6.45) is 1.52. The first-order valence-corrected chi connectivity index (χ1v) is 8.11. The van der Waals surface area contributed by atoms with Crippen LogP contribution in [0.25, 0.3) is 0 Å². The molecule has 1 spiro atoms. The molecular formula is C17H20B2N2O3. The summed E-state index contributed by atoms with van der Waals surface area (Å²) in [6.45, 7) is 2.55. The van der Waals surface area contributed by atoms with Crippen LogP contribution in [0.2, 0.25) is 10.6 Å². The Morgan fingerprint density at radius 2 is 1.75 bits per heavy atom. The molecule has 2 unspecified atom stereocenters.